The van der Waals surface area contributed by atoms with E-state index in [1.54, 1.807) is 0 Å². The summed E-state index contributed by atoms with van der Waals surface area (Å²) in [5, 5.41) is 0. The van der Waals surface area contributed by atoms with Gasteiger partial charge in [0.25, 0.3) is 0 Å². The monoisotopic (exact) mass is 308 g/mol. The third-order valence-electron chi connectivity index (χ3n) is 0.393. The van der Waals surface area contributed by atoms with Crippen molar-refractivity contribution in [2.45, 2.75) is 6.92 Å². The third-order valence-corrected chi connectivity index (χ3v) is 2.69. The molecule has 48 valence electrons. The van der Waals surface area contributed by atoms with Gasteiger partial charge in [0.15, 0.2) is 0 Å². The summed E-state index contributed by atoms with van der Waals surface area (Å²) in [4.78, 5) is 10.4. The highest BCUT2D eigenvalue weighted by atomic mass is 79.9. The average molecular weight is 311 g/mol. The lowest BCUT2D eigenvalue weighted by atomic mass is 10.8. The molecule has 0 aliphatic rings. The van der Waals surface area contributed by atoms with E-state index >= 15 is 0 Å². The summed E-state index contributed by atoms with van der Waals surface area (Å²) in [5.41, 5.74) is 0. The number of halogens is 3. The van der Waals surface area contributed by atoms with Crippen LogP contribution < -0.4 is 0 Å². The van der Waals surface area contributed by atoms with Crippen LogP contribution in [0.2, 0.25) is 0 Å². The van der Waals surface area contributed by atoms with E-state index in [1.165, 1.54) is 14.0 Å². The predicted molar refractivity (Wildman–Crippen MR) is 41.1 cm³/mol. The molecule has 0 aliphatic carbocycles. The van der Waals surface area contributed by atoms with Gasteiger partial charge in [0, 0.05) is 39.2 Å². The molecule has 0 unspecified atom stereocenters. The first-order chi connectivity index (χ1) is 3.55. The Hall–Kier alpha value is 0.870. The summed E-state index contributed by atoms with van der Waals surface area (Å²) in [6.07, 6.45) is 0. The van der Waals surface area contributed by atoms with Gasteiger partial charge in [0.1, 0.15) is 0 Å². The maximum Gasteiger partial charge on any atom is 0.245 e. The first-order valence-corrected chi connectivity index (χ1v) is 3.76. The van der Waals surface area contributed by atoms with E-state index in [-0.39, 0.29) is 5.91 Å². The van der Waals surface area contributed by atoms with Crippen molar-refractivity contribution in [3.8, 4) is 0 Å². The molecule has 0 aromatic heterocycles. The zero-order chi connectivity index (χ0) is 6.73. The minimum absolute atomic E-state index is 0.126. The fourth-order valence-corrected chi connectivity index (χ4v) is 0.553. The van der Waals surface area contributed by atoms with Crippen molar-refractivity contribution in [3.63, 3.8) is 0 Å². The third kappa shape index (κ3) is 3.01. The molecule has 6 heteroatoms. The van der Waals surface area contributed by atoms with E-state index in [0.717, 1.165) is 0 Å². The second-order valence-corrected chi connectivity index (χ2v) is 3.96. The molecule has 0 atom stereocenters. The maximum atomic E-state index is 10.4. The SMILES string of the molecule is CC(=O)N(Br)N(Br)Br. The van der Waals surface area contributed by atoms with Crippen LogP contribution in [-0.4, -0.2) is 13.0 Å². The van der Waals surface area contributed by atoms with Crippen molar-refractivity contribution >= 4 is 54.3 Å². The molecule has 0 aliphatic heterocycles. The number of amides is 1. The fourth-order valence-electron chi connectivity index (χ4n) is 0.106. The molecule has 0 aromatic rings. The quantitative estimate of drug-likeness (QED) is 0.546. The second kappa shape index (κ2) is 3.81. The van der Waals surface area contributed by atoms with Crippen LogP contribution in [0.3, 0.4) is 0 Å². The van der Waals surface area contributed by atoms with Crippen LogP contribution in [0.25, 0.3) is 0 Å². The number of hydrogen-bond donors (Lipinski definition) is 0. The number of rotatable bonds is 1. The molecule has 8 heavy (non-hydrogen) atoms. The van der Waals surface area contributed by atoms with E-state index in [9.17, 15) is 4.79 Å². The molecule has 0 saturated heterocycles. The minimum atomic E-state index is -0.126. The van der Waals surface area contributed by atoms with Crippen LogP contribution in [0, 0.1) is 0 Å². The van der Waals surface area contributed by atoms with Crippen LogP contribution >= 0.6 is 48.4 Å². The highest BCUT2D eigenvalue weighted by molar-refractivity contribution is 9.21. The van der Waals surface area contributed by atoms with Crippen LogP contribution in [0.5, 0.6) is 0 Å². The highest BCUT2D eigenvalue weighted by Gasteiger charge is 2.07. The summed E-state index contributed by atoms with van der Waals surface area (Å²) >= 11 is 8.82. The standard InChI is InChI=1S/C2H3Br3N2O/c1-2(8)6(3)7(4)5/h1H3. The molecule has 3 nitrogen and oxygen atoms in total. The Balaban J connectivity index is 3.64. The van der Waals surface area contributed by atoms with Crippen molar-refractivity contribution in [1.82, 2.24) is 7.10 Å². The highest BCUT2D eigenvalue weighted by Crippen LogP contribution is 2.14. The summed E-state index contributed by atoms with van der Waals surface area (Å²) in [7, 11) is 0. The molecule has 0 heterocycles. The Kier molecular flexibility index (Phi) is 4.23. The summed E-state index contributed by atoms with van der Waals surface area (Å²) in [6, 6.07) is 0. The molecule has 0 radical (unpaired) electrons. The first kappa shape index (κ1) is 8.87. The van der Waals surface area contributed by atoms with Gasteiger partial charge < -0.3 is 0 Å². The van der Waals surface area contributed by atoms with Crippen molar-refractivity contribution < 1.29 is 4.79 Å². The largest absolute Gasteiger partial charge is 0.273 e. The molecular weight excluding hydrogens is 308 g/mol. The van der Waals surface area contributed by atoms with Gasteiger partial charge >= 0.3 is 0 Å². The number of carbonyl (C=O) groups excluding carboxylic acids is 1. The van der Waals surface area contributed by atoms with Crippen molar-refractivity contribution in [3.05, 3.63) is 0 Å². The van der Waals surface area contributed by atoms with Gasteiger partial charge in [-0.05, 0) is 0 Å². The maximum absolute atomic E-state index is 10.4. The Labute approximate surface area is 73.0 Å². The molecular formula is C2H3Br3N2O. The normalized spacial score (nSPS) is 9.62. The van der Waals surface area contributed by atoms with Crippen molar-refractivity contribution in [1.29, 1.82) is 0 Å². The Morgan fingerprint density at radius 1 is 1.38 bits per heavy atom. The van der Waals surface area contributed by atoms with Crippen molar-refractivity contribution in [2.75, 3.05) is 0 Å². The lowest BCUT2D eigenvalue weighted by Gasteiger charge is -2.13. The van der Waals surface area contributed by atoms with Crippen LogP contribution in [0.15, 0.2) is 0 Å². The van der Waals surface area contributed by atoms with Crippen LogP contribution in [-0.2, 0) is 4.79 Å². The molecule has 0 N–H and O–H groups in total. The first-order valence-electron chi connectivity index (χ1n) is 1.63. The van der Waals surface area contributed by atoms with E-state index in [1.807, 2.05) is 0 Å². The molecule has 0 fully saturated rings. The number of nitrogens with zero attached hydrogens (tertiary/aromatic N) is 2. The predicted octanol–water partition coefficient (Wildman–Crippen LogP) is 1.98. The molecule has 1 amide bonds. The van der Waals surface area contributed by atoms with E-state index in [0.29, 0.717) is 0 Å². The van der Waals surface area contributed by atoms with Crippen LogP contribution in [0.4, 0.5) is 0 Å². The van der Waals surface area contributed by atoms with Crippen LogP contribution in [0.1, 0.15) is 6.92 Å². The number of carbonyl (C=O) groups is 1. The number of hydrazine groups is 1. The van der Waals surface area contributed by atoms with Gasteiger partial charge in [-0.1, -0.05) is 3.06 Å². The van der Waals surface area contributed by atoms with Gasteiger partial charge in [0.2, 0.25) is 5.91 Å². The molecule has 0 saturated carbocycles. The van der Waals surface area contributed by atoms with Gasteiger partial charge in [-0.15, -0.1) is 0 Å². The summed E-state index contributed by atoms with van der Waals surface area (Å²) in [6.45, 7) is 1.42. The van der Waals surface area contributed by atoms with E-state index in [4.69, 9.17) is 0 Å². The molecule has 0 spiro atoms. The van der Waals surface area contributed by atoms with Gasteiger partial charge in [-0.25, -0.2) is 0 Å². The summed E-state index contributed by atoms with van der Waals surface area (Å²) < 4.78 is 2.44. The summed E-state index contributed by atoms with van der Waals surface area (Å²) in [5.74, 6) is -0.126. The topological polar surface area (TPSA) is 23.6 Å². The fraction of sp³-hybridized carbons (Fsp3) is 0.500. The zero-order valence-electron chi connectivity index (χ0n) is 3.94. The van der Waals surface area contributed by atoms with Gasteiger partial charge in [0.05, 0.1) is 16.1 Å². The van der Waals surface area contributed by atoms with Gasteiger partial charge in [-0.2, -0.15) is 4.03 Å². The zero-order valence-corrected chi connectivity index (χ0v) is 8.69. The lowest BCUT2D eigenvalue weighted by Crippen LogP contribution is -2.22. The van der Waals surface area contributed by atoms with E-state index in [2.05, 4.69) is 48.4 Å². The smallest absolute Gasteiger partial charge is 0.245 e. The van der Waals surface area contributed by atoms with E-state index < -0.39 is 0 Å². The molecule has 0 aromatic carbocycles. The Morgan fingerprint density at radius 2 is 1.75 bits per heavy atom. The van der Waals surface area contributed by atoms with Gasteiger partial charge in [-0.3, -0.25) is 4.79 Å². The minimum Gasteiger partial charge on any atom is -0.273 e. The lowest BCUT2D eigenvalue weighted by molar-refractivity contribution is -0.126. The average Bonchev–Trinajstić information content (AvgIpc) is 1.64. The molecule has 0 bridgehead atoms. The Bertz CT molecular complexity index is 95.3. The number of hydrogen-bond acceptors (Lipinski definition) is 2. The van der Waals surface area contributed by atoms with Crippen molar-refractivity contribution in [2.24, 2.45) is 0 Å². The Morgan fingerprint density at radius 3 is 1.75 bits per heavy atom. The second-order valence-electron chi connectivity index (χ2n) is 0.994. The molecule has 0 rings (SSSR count).